The molecule has 0 radical (unpaired) electrons. The van der Waals surface area contributed by atoms with E-state index in [0.717, 1.165) is 16.9 Å². The quantitative estimate of drug-likeness (QED) is 0.525. The number of benzene rings is 2. The van der Waals surface area contributed by atoms with Crippen LogP contribution in [0.1, 0.15) is 28.8 Å². The Morgan fingerprint density at radius 3 is 2.72 bits per heavy atom. The number of nitro benzene ring substituents is 1. The molecule has 128 valence electrons. The molecule has 0 fully saturated rings. The maximum absolute atomic E-state index is 10.7. The lowest BCUT2D eigenvalue weighted by molar-refractivity contribution is -0.384. The van der Waals surface area contributed by atoms with Gasteiger partial charge in [0.05, 0.1) is 18.1 Å². The average molecular weight is 339 g/mol. The molecule has 0 aliphatic carbocycles. The number of aromatic amines is 1. The Morgan fingerprint density at radius 2 is 2.04 bits per heavy atom. The van der Waals surface area contributed by atoms with Gasteiger partial charge in [0.1, 0.15) is 11.6 Å². The molecule has 2 aromatic carbocycles. The number of aromatic nitrogens is 3. The van der Waals surface area contributed by atoms with E-state index in [-0.39, 0.29) is 5.69 Å². The molecule has 3 N–H and O–H groups in total. The Labute approximate surface area is 143 Å². The van der Waals surface area contributed by atoms with Crippen molar-refractivity contribution in [1.29, 1.82) is 0 Å². The number of hydrogen-bond acceptors (Lipinski definition) is 6. The van der Waals surface area contributed by atoms with Crippen LogP contribution < -0.4 is 10.5 Å². The van der Waals surface area contributed by atoms with Gasteiger partial charge in [0.15, 0.2) is 5.82 Å². The second kappa shape index (κ2) is 7.10. The third-order valence-corrected chi connectivity index (χ3v) is 3.80. The number of ether oxygens (including phenoxy) is 1. The molecule has 25 heavy (non-hydrogen) atoms. The number of nitro groups is 1. The van der Waals surface area contributed by atoms with Crippen LogP contribution in [0.2, 0.25) is 0 Å². The topological polar surface area (TPSA) is 120 Å². The standard InChI is InChI=1S/C17H17N5O3/c1-25-14-4-2-3-12(10-14)16(18)17-19-15(20-21-17)9-11-5-7-13(8-6-11)22(23)24/h2-8,10,16H,9,18H2,1H3,(H,19,20,21)/t16-/m0/s1. The fourth-order valence-electron chi connectivity index (χ4n) is 2.44. The van der Waals surface area contributed by atoms with Crippen molar-refractivity contribution in [2.24, 2.45) is 5.73 Å². The Balaban J connectivity index is 1.74. The minimum Gasteiger partial charge on any atom is -0.497 e. The molecule has 1 atom stereocenters. The Morgan fingerprint density at radius 1 is 1.28 bits per heavy atom. The van der Waals surface area contributed by atoms with Gasteiger partial charge in [0.25, 0.3) is 5.69 Å². The number of hydrogen-bond donors (Lipinski definition) is 2. The summed E-state index contributed by atoms with van der Waals surface area (Å²) in [5, 5.41) is 17.7. The van der Waals surface area contributed by atoms with Crippen molar-refractivity contribution in [3.05, 3.63) is 81.4 Å². The van der Waals surface area contributed by atoms with Crippen molar-refractivity contribution < 1.29 is 9.66 Å². The summed E-state index contributed by atoms with van der Waals surface area (Å²) in [5.74, 6) is 1.84. The summed E-state index contributed by atoms with van der Waals surface area (Å²) in [7, 11) is 1.60. The number of nitrogens with two attached hydrogens (primary N) is 1. The van der Waals surface area contributed by atoms with Crippen LogP contribution >= 0.6 is 0 Å². The minimum absolute atomic E-state index is 0.0575. The smallest absolute Gasteiger partial charge is 0.269 e. The molecule has 0 aliphatic heterocycles. The van der Waals surface area contributed by atoms with Crippen molar-refractivity contribution in [3.63, 3.8) is 0 Å². The van der Waals surface area contributed by atoms with Crippen LogP contribution in [0.3, 0.4) is 0 Å². The highest BCUT2D eigenvalue weighted by Gasteiger charge is 2.15. The molecule has 3 aromatic rings. The lowest BCUT2D eigenvalue weighted by Gasteiger charge is -2.09. The van der Waals surface area contributed by atoms with E-state index in [1.165, 1.54) is 12.1 Å². The van der Waals surface area contributed by atoms with Gasteiger partial charge in [-0.1, -0.05) is 24.3 Å². The van der Waals surface area contributed by atoms with Crippen LogP contribution in [0.25, 0.3) is 0 Å². The summed E-state index contributed by atoms with van der Waals surface area (Å²) in [4.78, 5) is 14.7. The first-order chi connectivity index (χ1) is 12.1. The van der Waals surface area contributed by atoms with Crippen LogP contribution in [0.4, 0.5) is 5.69 Å². The van der Waals surface area contributed by atoms with Crippen molar-refractivity contribution >= 4 is 5.69 Å². The number of nitrogens with zero attached hydrogens (tertiary/aromatic N) is 3. The molecule has 0 amide bonds. The zero-order chi connectivity index (χ0) is 17.8. The molecule has 1 aromatic heterocycles. The Kier molecular flexibility index (Phi) is 4.71. The third-order valence-electron chi connectivity index (χ3n) is 3.80. The first kappa shape index (κ1) is 16.6. The highest BCUT2D eigenvalue weighted by molar-refractivity contribution is 5.35. The van der Waals surface area contributed by atoms with E-state index in [0.29, 0.717) is 18.1 Å². The lowest BCUT2D eigenvalue weighted by Crippen LogP contribution is -2.13. The minimum atomic E-state index is -0.475. The van der Waals surface area contributed by atoms with Gasteiger partial charge in [-0.05, 0) is 23.3 Å². The molecule has 8 nitrogen and oxygen atoms in total. The normalized spacial score (nSPS) is 11.9. The molecule has 0 aliphatic rings. The van der Waals surface area contributed by atoms with E-state index < -0.39 is 11.0 Å². The van der Waals surface area contributed by atoms with E-state index in [1.807, 2.05) is 24.3 Å². The van der Waals surface area contributed by atoms with Crippen molar-refractivity contribution in [2.75, 3.05) is 7.11 Å². The van der Waals surface area contributed by atoms with Crippen LogP contribution in [0.15, 0.2) is 48.5 Å². The second-order valence-corrected chi connectivity index (χ2v) is 5.49. The second-order valence-electron chi connectivity index (χ2n) is 5.49. The first-order valence-electron chi connectivity index (χ1n) is 7.61. The summed E-state index contributed by atoms with van der Waals surface area (Å²) in [5.41, 5.74) is 8.02. The maximum Gasteiger partial charge on any atom is 0.269 e. The number of non-ortho nitro benzene ring substituents is 1. The lowest BCUT2D eigenvalue weighted by atomic mass is 10.1. The summed E-state index contributed by atoms with van der Waals surface area (Å²) < 4.78 is 5.20. The van der Waals surface area contributed by atoms with Crippen LogP contribution in [0, 0.1) is 10.1 Å². The van der Waals surface area contributed by atoms with E-state index in [4.69, 9.17) is 10.5 Å². The highest BCUT2D eigenvalue weighted by Crippen LogP contribution is 2.21. The number of H-pyrrole nitrogens is 1. The molecular weight excluding hydrogens is 322 g/mol. The van der Waals surface area contributed by atoms with Crippen LogP contribution in [-0.4, -0.2) is 27.2 Å². The largest absolute Gasteiger partial charge is 0.497 e. The zero-order valence-electron chi connectivity index (χ0n) is 13.5. The van der Waals surface area contributed by atoms with Crippen molar-refractivity contribution in [1.82, 2.24) is 15.2 Å². The average Bonchev–Trinajstić information content (AvgIpc) is 3.10. The fourth-order valence-corrected chi connectivity index (χ4v) is 2.44. The highest BCUT2D eigenvalue weighted by atomic mass is 16.6. The monoisotopic (exact) mass is 339 g/mol. The Hall–Kier alpha value is -3.26. The van der Waals surface area contributed by atoms with E-state index in [1.54, 1.807) is 19.2 Å². The molecule has 0 saturated heterocycles. The van der Waals surface area contributed by atoms with Gasteiger partial charge in [-0.3, -0.25) is 15.2 Å². The zero-order valence-corrected chi connectivity index (χ0v) is 13.5. The maximum atomic E-state index is 10.7. The predicted octanol–water partition coefficient (Wildman–Crippen LogP) is 2.36. The van der Waals surface area contributed by atoms with Gasteiger partial charge in [-0.2, -0.15) is 5.10 Å². The molecule has 0 spiro atoms. The van der Waals surface area contributed by atoms with Gasteiger partial charge < -0.3 is 10.5 Å². The SMILES string of the molecule is COc1cccc([C@H](N)c2n[nH]c(Cc3ccc([N+](=O)[O-])cc3)n2)c1. The summed E-state index contributed by atoms with van der Waals surface area (Å²) in [6, 6.07) is 13.3. The van der Waals surface area contributed by atoms with Crippen LogP contribution in [-0.2, 0) is 6.42 Å². The van der Waals surface area contributed by atoms with Crippen molar-refractivity contribution in [3.8, 4) is 5.75 Å². The molecular formula is C17H17N5O3. The van der Waals surface area contributed by atoms with Gasteiger partial charge >= 0.3 is 0 Å². The number of nitrogens with one attached hydrogen (secondary N) is 1. The van der Waals surface area contributed by atoms with Gasteiger partial charge in [-0.25, -0.2) is 4.98 Å². The summed E-state index contributed by atoms with van der Waals surface area (Å²) in [6.45, 7) is 0. The molecule has 0 bridgehead atoms. The molecule has 3 rings (SSSR count). The molecule has 0 unspecified atom stereocenters. The van der Waals surface area contributed by atoms with Gasteiger partial charge in [0, 0.05) is 18.6 Å². The van der Waals surface area contributed by atoms with E-state index in [2.05, 4.69) is 15.2 Å². The van der Waals surface area contributed by atoms with Crippen molar-refractivity contribution in [2.45, 2.75) is 12.5 Å². The summed E-state index contributed by atoms with van der Waals surface area (Å²) >= 11 is 0. The first-order valence-corrected chi connectivity index (χ1v) is 7.61. The molecule has 8 heteroatoms. The molecule has 0 saturated carbocycles. The third kappa shape index (κ3) is 3.81. The number of rotatable bonds is 6. The van der Waals surface area contributed by atoms with E-state index in [9.17, 15) is 10.1 Å². The molecule has 1 heterocycles. The van der Waals surface area contributed by atoms with Gasteiger partial charge in [-0.15, -0.1) is 0 Å². The predicted molar refractivity (Wildman–Crippen MR) is 91.3 cm³/mol. The Bertz CT molecular complexity index is 876. The fraction of sp³-hybridized carbons (Fsp3) is 0.176. The number of methoxy groups -OCH3 is 1. The van der Waals surface area contributed by atoms with E-state index >= 15 is 0 Å². The van der Waals surface area contributed by atoms with Crippen LogP contribution in [0.5, 0.6) is 5.75 Å². The van der Waals surface area contributed by atoms with Gasteiger partial charge in [0.2, 0.25) is 0 Å². The summed E-state index contributed by atoms with van der Waals surface area (Å²) in [6.07, 6.45) is 0.482.